The second kappa shape index (κ2) is 6.69. The summed E-state index contributed by atoms with van der Waals surface area (Å²) in [5, 5.41) is 5.79. The van der Waals surface area contributed by atoms with Crippen LogP contribution in [0.2, 0.25) is 0 Å². The summed E-state index contributed by atoms with van der Waals surface area (Å²) in [7, 11) is 2.26. The smallest absolute Gasteiger partial charge is 0.0112 e. The topological polar surface area (TPSA) is 15.3 Å². The van der Waals surface area contributed by atoms with Crippen LogP contribution in [0.15, 0.2) is 17.5 Å². The van der Waals surface area contributed by atoms with E-state index in [1.54, 1.807) is 0 Å². The van der Waals surface area contributed by atoms with E-state index in [2.05, 4.69) is 48.6 Å². The van der Waals surface area contributed by atoms with E-state index in [-0.39, 0.29) is 0 Å². The van der Waals surface area contributed by atoms with Crippen molar-refractivity contribution in [2.24, 2.45) is 5.92 Å². The van der Waals surface area contributed by atoms with Crippen LogP contribution in [-0.4, -0.2) is 37.1 Å². The molecule has 2 atom stereocenters. The molecule has 0 saturated heterocycles. The highest BCUT2D eigenvalue weighted by atomic mass is 32.1. The molecule has 1 N–H and O–H groups in total. The predicted octanol–water partition coefficient (Wildman–Crippen LogP) is 3.00. The van der Waals surface area contributed by atoms with Crippen LogP contribution in [0.5, 0.6) is 0 Å². The van der Waals surface area contributed by atoms with Crippen molar-refractivity contribution >= 4 is 11.3 Å². The van der Waals surface area contributed by atoms with Crippen molar-refractivity contribution in [1.82, 2.24) is 10.2 Å². The molecule has 0 amide bonds. The minimum Gasteiger partial charge on any atom is -0.314 e. The van der Waals surface area contributed by atoms with Crippen LogP contribution >= 0.6 is 11.3 Å². The van der Waals surface area contributed by atoms with Gasteiger partial charge in [-0.05, 0) is 57.1 Å². The molecule has 0 spiro atoms. The first-order valence-electron chi connectivity index (χ1n) is 7.11. The Morgan fingerprint density at radius 1 is 1.44 bits per heavy atom. The Labute approximate surface area is 115 Å². The van der Waals surface area contributed by atoms with Gasteiger partial charge in [-0.25, -0.2) is 0 Å². The molecule has 2 nitrogen and oxygen atoms in total. The third kappa shape index (κ3) is 4.71. The molecular weight excluding hydrogens is 240 g/mol. The zero-order valence-corrected chi connectivity index (χ0v) is 12.7. The van der Waals surface area contributed by atoms with Gasteiger partial charge in [-0.1, -0.05) is 13.0 Å². The Kier molecular flexibility index (Phi) is 5.22. The minimum absolute atomic E-state index is 0.632. The lowest BCUT2D eigenvalue weighted by Gasteiger charge is -2.27. The molecule has 0 aromatic carbocycles. The monoisotopic (exact) mass is 266 g/mol. The molecule has 0 radical (unpaired) electrons. The number of hydrogen-bond acceptors (Lipinski definition) is 3. The maximum absolute atomic E-state index is 3.62. The third-order valence-corrected chi connectivity index (χ3v) is 4.66. The summed E-state index contributed by atoms with van der Waals surface area (Å²) < 4.78 is 0. The first-order valence-corrected chi connectivity index (χ1v) is 7.99. The van der Waals surface area contributed by atoms with E-state index in [0.29, 0.717) is 6.04 Å². The molecule has 2 rings (SSSR count). The Morgan fingerprint density at radius 2 is 2.22 bits per heavy atom. The normalized spacial score (nSPS) is 19.1. The van der Waals surface area contributed by atoms with Crippen LogP contribution < -0.4 is 5.32 Å². The molecule has 102 valence electrons. The molecule has 0 bridgehead atoms. The van der Waals surface area contributed by atoms with Gasteiger partial charge in [-0.2, -0.15) is 0 Å². The van der Waals surface area contributed by atoms with E-state index >= 15 is 0 Å². The Hall–Kier alpha value is -0.380. The average Bonchev–Trinajstić information content (AvgIpc) is 3.03. The van der Waals surface area contributed by atoms with Crippen molar-refractivity contribution in [1.29, 1.82) is 0 Å². The van der Waals surface area contributed by atoms with Crippen molar-refractivity contribution in [3.63, 3.8) is 0 Å². The van der Waals surface area contributed by atoms with Gasteiger partial charge in [0.15, 0.2) is 0 Å². The third-order valence-electron chi connectivity index (χ3n) is 3.76. The van der Waals surface area contributed by atoms with E-state index in [9.17, 15) is 0 Å². The number of nitrogens with one attached hydrogen (secondary N) is 1. The predicted molar refractivity (Wildman–Crippen MR) is 80.3 cm³/mol. The number of rotatable bonds is 8. The second-order valence-electron chi connectivity index (χ2n) is 5.86. The van der Waals surface area contributed by atoms with Gasteiger partial charge < -0.3 is 10.2 Å². The van der Waals surface area contributed by atoms with Gasteiger partial charge in [0, 0.05) is 23.5 Å². The van der Waals surface area contributed by atoms with Crippen molar-refractivity contribution in [2.75, 3.05) is 20.1 Å². The lowest BCUT2D eigenvalue weighted by molar-refractivity contribution is 0.221. The largest absolute Gasteiger partial charge is 0.314 e. The highest BCUT2D eigenvalue weighted by Crippen LogP contribution is 2.19. The molecule has 0 aliphatic heterocycles. The summed E-state index contributed by atoms with van der Waals surface area (Å²) >= 11 is 1.87. The van der Waals surface area contributed by atoms with Crippen LogP contribution in [-0.2, 0) is 6.42 Å². The van der Waals surface area contributed by atoms with Gasteiger partial charge in [0.05, 0.1) is 0 Å². The van der Waals surface area contributed by atoms with Crippen molar-refractivity contribution in [2.45, 2.75) is 45.2 Å². The molecule has 3 heteroatoms. The lowest BCUT2D eigenvalue weighted by Crippen LogP contribution is -2.37. The van der Waals surface area contributed by atoms with Gasteiger partial charge in [0.1, 0.15) is 0 Å². The van der Waals surface area contributed by atoms with Crippen LogP contribution in [0.1, 0.15) is 31.6 Å². The van der Waals surface area contributed by atoms with Crippen LogP contribution in [0, 0.1) is 5.92 Å². The molecule has 18 heavy (non-hydrogen) atoms. The van der Waals surface area contributed by atoms with E-state index in [4.69, 9.17) is 0 Å². The van der Waals surface area contributed by atoms with Crippen molar-refractivity contribution < 1.29 is 0 Å². The summed E-state index contributed by atoms with van der Waals surface area (Å²) in [6, 6.07) is 5.86. The van der Waals surface area contributed by atoms with Gasteiger partial charge >= 0.3 is 0 Å². The van der Waals surface area contributed by atoms with Crippen LogP contribution in [0.25, 0.3) is 0 Å². The van der Waals surface area contributed by atoms with Gasteiger partial charge in [-0.3, -0.25) is 0 Å². The molecule has 1 aromatic heterocycles. The fourth-order valence-electron chi connectivity index (χ4n) is 2.27. The fraction of sp³-hybridized carbons (Fsp3) is 0.733. The van der Waals surface area contributed by atoms with E-state index in [0.717, 1.165) is 12.0 Å². The Balaban J connectivity index is 1.66. The number of nitrogens with zero attached hydrogens (tertiary/aromatic N) is 1. The Bertz CT molecular complexity index is 332. The number of thiophene rings is 1. The molecular formula is C15H26N2S. The summed E-state index contributed by atoms with van der Waals surface area (Å²) in [5.41, 5.74) is 0. The molecule has 2 unspecified atom stereocenters. The molecule has 1 aliphatic carbocycles. The van der Waals surface area contributed by atoms with E-state index in [1.165, 1.54) is 37.2 Å². The number of likely N-dealkylation sites (N-methyl/N-ethyl adjacent to an activating group) is 1. The van der Waals surface area contributed by atoms with Gasteiger partial charge in [0.25, 0.3) is 0 Å². The number of hydrogen-bond donors (Lipinski definition) is 1. The molecule has 1 saturated carbocycles. The fourth-order valence-corrected chi connectivity index (χ4v) is 3.09. The van der Waals surface area contributed by atoms with Crippen LogP contribution in [0.3, 0.4) is 0 Å². The van der Waals surface area contributed by atoms with Crippen LogP contribution in [0.4, 0.5) is 0 Å². The van der Waals surface area contributed by atoms with Crippen molar-refractivity contribution in [3.8, 4) is 0 Å². The first-order chi connectivity index (χ1) is 8.65. The van der Waals surface area contributed by atoms with Crippen molar-refractivity contribution in [3.05, 3.63) is 22.4 Å². The molecule has 1 aromatic rings. The SMILES string of the molecule is CC(CNC1CC1)CN(C)C(C)Cc1cccs1. The standard InChI is InChI=1S/C15H26N2S/c1-12(10-16-14-6-7-14)11-17(3)13(2)9-15-5-4-8-18-15/h4-5,8,12-14,16H,6-7,9-11H2,1-3H3. The zero-order chi connectivity index (χ0) is 13.0. The van der Waals surface area contributed by atoms with Gasteiger partial charge in [-0.15, -0.1) is 11.3 Å². The highest BCUT2D eigenvalue weighted by molar-refractivity contribution is 7.09. The highest BCUT2D eigenvalue weighted by Gasteiger charge is 2.21. The summed E-state index contributed by atoms with van der Waals surface area (Å²) in [6.07, 6.45) is 3.95. The second-order valence-corrected chi connectivity index (χ2v) is 6.89. The Morgan fingerprint density at radius 3 is 2.83 bits per heavy atom. The summed E-state index contributed by atoms with van der Waals surface area (Å²) in [4.78, 5) is 4.00. The lowest BCUT2D eigenvalue weighted by atomic mass is 10.1. The molecule has 1 heterocycles. The average molecular weight is 266 g/mol. The first kappa shape index (κ1) is 14.0. The minimum atomic E-state index is 0.632. The van der Waals surface area contributed by atoms with E-state index < -0.39 is 0 Å². The molecule has 1 fully saturated rings. The summed E-state index contributed by atoms with van der Waals surface area (Å²) in [5.74, 6) is 0.737. The van der Waals surface area contributed by atoms with Gasteiger partial charge in [0.2, 0.25) is 0 Å². The molecule has 1 aliphatic rings. The maximum atomic E-state index is 3.62. The summed E-state index contributed by atoms with van der Waals surface area (Å²) in [6.45, 7) is 7.04. The quantitative estimate of drug-likeness (QED) is 0.778. The maximum Gasteiger partial charge on any atom is 0.0112 e. The van der Waals surface area contributed by atoms with E-state index in [1.807, 2.05) is 11.3 Å². The zero-order valence-electron chi connectivity index (χ0n) is 11.9.